The Bertz CT molecular complexity index is 397. The second-order valence-corrected chi connectivity index (χ2v) is 5.79. The van der Waals surface area contributed by atoms with E-state index in [2.05, 4.69) is 12.0 Å². The summed E-state index contributed by atoms with van der Waals surface area (Å²) in [6, 6.07) is 0.0635. The summed E-state index contributed by atoms with van der Waals surface area (Å²) in [4.78, 5) is 13.9. The quantitative estimate of drug-likeness (QED) is 0.602. The van der Waals surface area contributed by atoms with Crippen molar-refractivity contribution >= 4 is 6.09 Å². The summed E-state index contributed by atoms with van der Waals surface area (Å²) >= 11 is 0. The third kappa shape index (κ3) is 2.46. The molecule has 1 aliphatic heterocycles. The van der Waals surface area contributed by atoms with Crippen LogP contribution in [-0.2, 0) is 4.74 Å². The average molecular weight is 233 g/mol. The van der Waals surface area contributed by atoms with Gasteiger partial charge in [0.05, 0.1) is 6.04 Å². The van der Waals surface area contributed by atoms with Gasteiger partial charge in [0, 0.05) is 12.1 Å². The van der Waals surface area contributed by atoms with Crippen LogP contribution in [-0.4, -0.2) is 29.2 Å². The molecule has 92 valence electrons. The molecule has 0 saturated carbocycles. The van der Waals surface area contributed by atoms with Crippen LogP contribution in [0.1, 0.15) is 33.6 Å². The standard InChI is InChI=1S/C14H19NO2/c1-5-11-7-6-10-8-12(11)15(9-10)13(16)17-14(2,3)4/h1,7,10,12H,6,8-9H2,2-4H3. The molecule has 1 fully saturated rings. The first-order valence-electron chi connectivity index (χ1n) is 6.07. The summed E-state index contributed by atoms with van der Waals surface area (Å²) in [5.41, 5.74) is 0.484. The monoisotopic (exact) mass is 233 g/mol. The predicted octanol–water partition coefficient (Wildman–Crippen LogP) is 2.58. The number of fused-ring (bicyclic) bond motifs is 2. The van der Waals surface area contributed by atoms with Gasteiger partial charge < -0.3 is 9.64 Å². The van der Waals surface area contributed by atoms with Gasteiger partial charge in [0.15, 0.2) is 0 Å². The Morgan fingerprint density at radius 2 is 2.29 bits per heavy atom. The molecule has 0 aromatic carbocycles. The Balaban J connectivity index is 2.11. The Labute approximate surface area is 103 Å². The van der Waals surface area contributed by atoms with Crippen molar-refractivity contribution in [3.05, 3.63) is 11.6 Å². The van der Waals surface area contributed by atoms with E-state index in [0.29, 0.717) is 5.92 Å². The van der Waals surface area contributed by atoms with E-state index in [0.717, 1.165) is 25.0 Å². The summed E-state index contributed by atoms with van der Waals surface area (Å²) in [5, 5.41) is 0. The third-order valence-corrected chi connectivity index (χ3v) is 3.21. The highest BCUT2D eigenvalue weighted by Crippen LogP contribution is 2.35. The summed E-state index contributed by atoms with van der Waals surface area (Å²) in [6.45, 7) is 6.41. The highest BCUT2D eigenvalue weighted by Gasteiger charge is 2.40. The summed E-state index contributed by atoms with van der Waals surface area (Å²) < 4.78 is 5.41. The first-order valence-corrected chi connectivity index (χ1v) is 6.07. The highest BCUT2D eigenvalue weighted by molar-refractivity contribution is 5.70. The van der Waals surface area contributed by atoms with E-state index < -0.39 is 5.60 Å². The van der Waals surface area contributed by atoms with Crippen molar-refractivity contribution in [3.63, 3.8) is 0 Å². The minimum Gasteiger partial charge on any atom is -0.444 e. The van der Waals surface area contributed by atoms with Crippen LogP contribution in [0.5, 0.6) is 0 Å². The Kier molecular flexibility index (Phi) is 2.91. The molecule has 0 spiro atoms. The third-order valence-electron chi connectivity index (χ3n) is 3.21. The molecule has 0 radical (unpaired) electrons. The number of terminal acetylenes is 1. The maximum atomic E-state index is 12.1. The van der Waals surface area contributed by atoms with Crippen molar-refractivity contribution in [1.82, 2.24) is 4.90 Å². The Morgan fingerprint density at radius 1 is 1.59 bits per heavy atom. The number of ether oxygens (including phenoxy) is 1. The molecule has 3 nitrogen and oxygen atoms in total. The molecule has 0 aromatic heterocycles. The lowest BCUT2D eigenvalue weighted by molar-refractivity contribution is 0.0249. The smallest absolute Gasteiger partial charge is 0.410 e. The molecule has 2 rings (SSSR count). The molecule has 1 aliphatic carbocycles. The number of carbonyl (C=O) groups is 1. The number of rotatable bonds is 0. The van der Waals surface area contributed by atoms with Crippen molar-refractivity contribution in [1.29, 1.82) is 0 Å². The van der Waals surface area contributed by atoms with Gasteiger partial charge in [-0.2, -0.15) is 0 Å². The number of carbonyl (C=O) groups excluding carboxylic acids is 1. The molecule has 2 aliphatic rings. The number of amides is 1. The molecule has 2 bridgehead atoms. The van der Waals surface area contributed by atoms with Crippen molar-refractivity contribution in [2.45, 2.75) is 45.3 Å². The fraction of sp³-hybridized carbons (Fsp3) is 0.643. The van der Waals surface area contributed by atoms with Gasteiger partial charge in [-0.05, 0) is 39.5 Å². The average Bonchev–Trinajstić information content (AvgIpc) is 2.55. The van der Waals surface area contributed by atoms with E-state index in [1.807, 2.05) is 20.8 Å². The molecule has 2 atom stereocenters. The van der Waals surface area contributed by atoms with Gasteiger partial charge in [0.2, 0.25) is 0 Å². The normalized spacial score (nSPS) is 27.4. The van der Waals surface area contributed by atoms with E-state index in [-0.39, 0.29) is 12.1 Å². The zero-order valence-corrected chi connectivity index (χ0v) is 10.7. The molecule has 1 heterocycles. The minimum absolute atomic E-state index is 0.0635. The Morgan fingerprint density at radius 3 is 2.88 bits per heavy atom. The highest BCUT2D eigenvalue weighted by atomic mass is 16.6. The van der Waals surface area contributed by atoms with E-state index >= 15 is 0 Å². The minimum atomic E-state index is -0.451. The maximum absolute atomic E-state index is 12.1. The number of hydrogen-bond acceptors (Lipinski definition) is 2. The molecule has 0 aromatic rings. The Hall–Kier alpha value is -1.43. The second-order valence-electron chi connectivity index (χ2n) is 5.79. The van der Waals surface area contributed by atoms with Gasteiger partial charge >= 0.3 is 6.09 Å². The van der Waals surface area contributed by atoms with Crippen LogP contribution in [0.2, 0.25) is 0 Å². The SMILES string of the molecule is C#CC1=CCC2CC1N(C(=O)OC(C)(C)C)C2. The van der Waals surface area contributed by atoms with Crippen LogP contribution in [0, 0.1) is 18.3 Å². The van der Waals surface area contributed by atoms with E-state index in [9.17, 15) is 4.79 Å². The zero-order valence-electron chi connectivity index (χ0n) is 10.7. The van der Waals surface area contributed by atoms with E-state index in [1.54, 1.807) is 4.90 Å². The number of likely N-dealkylation sites (tertiary alicyclic amines) is 1. The predicted molar refractivity (Wildman–Crippen MR) is 66.4 cm³/mol. The first-order chi connectivity index (χ1) is 7.90. The van der Waals surface area contributed by atoms with Gasteiger partial charge in [-0.25, -0.2) is 4.79 Å². The molecule has 0 N–H and O–H groups in total. The van der Waals surface area contributed by atoms with Crippen molar-refractivity contribution < 1.29 is 9.53 Å². The van der Waals surface area contributed by atoms with Gasteiger partial charge in [0.1, 0.15) is 5.60 Å². The van der Waals surface area contributed by atoms with Gasteiger partial charge in [0.25, 0.3) is 0 Å². The number of nitrogens with zero attached hydrogens (tertiary/aromatic N) is 1. The van der Waals surface area contributed by atoms with E-state index in [1.165, 1.54) is 0 Å². The van der Waals surface area contributed by atoms with Crippen LogP contribution in [0.4, 0.5) is 4.79 Å². The van der Waals surface area contributed by atoms with Crippen LogP contribution in [0.25, 0.3) is 0 Å². The summed E-state index contributed by atoms with van der Waals surface area (Å²) in [7, 11) is 0. The lowest BCUT2D eigenvalue weighted by Gasteiger charge is -2.28. The molecular weight excluding hydrogens is 214 g/mol. The van der Waals surface area contributed by atoms with Crippen LogP contribution >= 0.6 is 0 Å². The molecule has 2 unspecified atom stereocenters. The van der Waals surface area contributed by atoms with Crippen molar-refractivity contribution in [2.24, 2.45) is 5.92 Å². The number of hydrogen-bond donors (Lipinski definition) is 0. The molecular formula is C14H19NO2. The van der Waals surface area contributed by atoms with Crippen molar-refractivity contribution in [2.75, 3.05) is 6.54 Å². The maximum Gasteiger partial charge on any atom is 0.410 e. The van der Waals surface area contributed by atoms with E-state index in [4.69, 9.17) is 11.2 Å². The van der Waals surface area contributed by atoms with Crippen molar-refractivity contribution in [3.8, 4) is 12.3 Å². The topological polar surface area (TPSA) is 29.5 Å². The van der Waals surface area contributed by atoms with Gasteiger partial charge in [-0.3, -0.25) is 0 Å². The molecule has 17 heavy (non-hydrogen) atoms. The van der Waals surface area contributed by atoms with Crippen LogP contribution in [0.3, 0.4) is 0 Å². The lowest BCUT2D eigenvalue weighted by Crippen LogP contribution is -2.40. The number of allylic oxidation sites excluding steroid dienone is 1. The van der Waals surface area contributed by atoms with Crippen LogP contribution < -0.4 is 0 Å². The lowest BCUT2D eigenvalue weighted by atomic mass is 9.91. The first kappa shape index (κ1) is 12.0. The second kappa shape index (κ2) is 4.10. The van der Waals surface area contributed by atoms with Crippen LogP contribution in [0.15, 0.2) is 11.6 Å². The summed E-state index contributed by atoms with van der Waals surface area (Å²) in [6.07, 6.45) is 9.29. The summed E-state index contributed by atoms with van der Waals surface area (Å²) in [5.74, 6) is 3.24. The largest absolute Gasteiger partial charge is 0.444 e. The molecule has 1 saturated heterocycles. The van der Waals surface area contributed by atoms with Gasteiger partial charge in [-0.1, -0.05) is 12.0 Å². The zero-order chi connectivity index (χ0) is 12.6. The van der Waals surface area contributed by atoms with Gasteiger partial charge in [-0.15, -0.1) is 6.42 Å². The fourth-order valence-electron chi connectivity index (χ4n) is 2.50. The molecule has 3 heteroatoms. The molecule has 1 amide bonds. The fourth-order valence-corrected chi connectivity index (χ4v) is 2.50.